The topological polar surface area (TPSA) is 87.5 Å². The van der Waals surface area contributed by atoms with Gasteiger partial charge in [-0.25, -0.2) is 9.07 Å². The molecule has 0 saturated heterocycles. The Bertz CT molecular complexity index is 1340. The molecule has 4 rings (SSSR count). The first-order valence-corrected chi connectivity index (χ1v) is 11.5. The van der Waals surface area contributed by atoms with E-state index >= 15 is 0 Å². The largest absolute Gasteiger partial charge is 0.497 e. The van der Waals surface area contributed by atoms with Crippen molar-refractivity contribution in [3.8, 4) is 28.8 Å². The molecule has 1 aromatic heterocycles. The highest BCUT2D eigenvalue weighted by Gasteiger charge is 2.16. The molecule has 1 heterocycles. The molecule has 0 aliphatic carbocycles. The van der Waals surface area contributed by atoms with E-state index < -0.39 is 0 Å². The second-order valence-corrected chi connectivity index (χ2v) is 7.87. The number of ether oxygens (including phenoxy) is 3. The molecule has 4 aromatic rings. The number of aromatic nitrogens is 3. The van der Waals surface area contributed by atoms with Crippen molar-refractivity contribution in [1.29, 1.82) is 0 Å². The van der Waals surface area contributed by atoms with Crippen LogP contribution in [0.5, 0.6) is 11.8 Å². The van der Waals surface area contributed by atoms with E-state index in [4.69, 9.17) is 14.2 Å². The van der Waals surface area contributed by atoms with E-state index in [1.165, 1.54) is 18.2 Å². The summed E-state index contributed by atoms with van der Waals surface area (Å²) in [4.78, 5) is 17.2. The normalized spacial score (nSPS) is 10.8. The minimum atomic E-state index is -0.350. The molecular weight excluding hydrogens is 463 g/mol. The minimum absolute atomic E-state index is 0.219. The van der Waals surface area contributed by atoms with E-state index in [2.05, 4.69) is 15.4 Å². The van der Waals surface area contributed by atoms with Crippen LogP contribution in [-0.2, 0) is 4.74 Å². The summed E-state index contributed by atoms with van der Waals surface area (Å²) >= 11 is 0. The van der Waals surface area contributed by atoms with Gasteiger partial charge in [-0.2, -0.15) is 4.98 Å². The number of benzene rings is 3. The molecule has 186 valence electrons. The number of hydrogen-bond acceptors (Lipinski definition) is 6. The maximum absolute atomic E-state index is 13.5. The van der Waals surface area contributed by atoms with Gasteiger partial charge in [-0.15, -0.1) is 5.10 Å². The summed E-state index contributed by atoms with van der Waals surface area (Å²) in [6.45, 7) is 4.89. The Labute approximate surface area is 208 Å². The van der Waals surface area contributed by atoms with Crippen molar-refractivity contribution in [3.63, 3.8) is 0 Å². The monoisotopic (exact) mass is 490 g/mol. The van der Waals surface area contributed by atoms with Gasteiger partial charge < -0.3 is 19.5 Å². The summed E-state index contributed by atoms with van der Waals surface area (Å²) in [6, 6.07) is 19.1. The fourth-order valence-corrected chi connectivity index (χ4v) is 3.49. The van der Waals surface area contributed by atoms with Crippen LogP contribution in [0.25, 0.3) is 17.1 Å². The minimum Gasteiger partial charge on any atom is -0.497 e. The Morgan fingerprint density at radius 1 is 1.06 bits per heavy atom. The summed E-state index contributed by atoms with van der Waals surface area (Å²) < 4.78 is 31.6. The van der Waals surface area contributed by atoms with Crippen molar-refractivity contribution in [1.82, 2.24) is 14.8 Å². The van der Waals surface area contributed by atoms with Crippen LogP contribution in [0, 0.1) is 12.7 Å². The Morgan fingerprint density at radius 2 is 1.86 bits per heavy atom. The molecule has 0 atom stereocenters. The zero-order valence-electron chi connectivity index (χ0n) is 20.3. The zero-order chi connectivity index (χ0) is 25.5. The third kappa shape index (κ3) is 5.87. The van der Waals surface area contributed by atoms with Crippen LogP contribution >= 0.6 is 0 Å². The number of rotatable bonds is 10. The lowest BCUT2D eigenvalue weighted by atomic mass is 10.1. The highest BCUT2D eigenvalue weighted by Crippen LogP contribution is 2.27. The van der Waals surface area contributed by atoms with Gasteiger partial charge in [0.05, 0.1) is 19.4 Å². The molecule has 0 radical (unpaired) electrons. The number of amides is 1. The number of anilines is 1. The average Bonchev–Trinajstić information content (AvgIpc) is 3.33. The Balaban J connectivity index is 1.58. The fourth-order valence-electron chi connectivity index (χ4n) is 3.49. The van der Waals surface area contributed by atoms with Crippen molar-refractivity contribution in [3.05, 3.63) is 83.7 Å². The molecule has 0 saturated carbocycles. The second kappa shape index (κ2) is 11.5. The van der Waals surface area contributed by atoms with E-state index in [1.54, 1.807) is 30.8 Å². The highest BCUT2D eigenvalue weighted by molar-refractivity contribution is 6.04. The summed E-state index contributed by atoms with van der Waals surface area (Å²) in [5, 5.41) is 7.36. The van der Waals surface area contributed by atoms with Crippen LogP contribution in [0.4, 0.5) is 10.1 Å². The number of nitrogens with zero attached hydrogens (tertiary/aromatic N) is 3. The average molecular weight is 491 g/mol. The van der Waals surface area contributed by atoms with Crippen LogP contribution in [0.1, 0.15) is 22.8 Å². The maximum Gasteiger partial charge on any atom is 0.336 e. The molecular formula is C27H27FN4O4. The number of carbonyl (C=O) groups excluding carboxylic acids is 1. The first kappa shape index (κ1) is 24.9. The van der Waals surface area contributed by atoms with Gasteiger partial charge in [0.2, 0.25) is 0 Å². The Hall–Kier alpha value is -4.24. The first-order valence-electron chi connectivity index (χ1n) is 11.5. The molecule has 0 bridgehead atoms. The standard InChI is InChI=1S/C27H27FN4O4/c1-4-35-14-15-36-27-30-25(19-6-5-7-23(17-19)34-3)32(31-27)22-11-9-21(10-12-22)29-26(33)20-8-13-24(28)18(2)16-20/h5-13,16-17H,4,14-15H2,1-3H3,(H,29,33). The third-order valence-corrected chi connectivity index (χ3v) is 5.37. The lowest BCUT2D eigenvalue weighted by molar-refractivity contribution is 0.102. The SMILES string of the molecule is CCOCCOc1nc(-c2cccc(OC)c2)n(-c2ccc(NC(=O)c3ccc(F)c(C)c3)cc2)n1. The predicted octanol–water partition coefficient (Wildman–Crippen LogP) is 5.06. The van der Waals surface area contributed by atoms with Crippen LogP contribution < -0.4 is 14.8 Å². The van der Waals surface area contributed by atoms with Crippen LogP contribution in [0.3, 0.4) is 0 Å². The molecule has 36 heavy (non-hydrogen) atoms. The quantitative estimate of drug-likeness (QED) is 0.313. The van der Waals surface area contributed by atoms with E-state index in [1.807, 2.05) is 43.3 Å². The summed E-state index contributed by atoms with van der Waals surface area (Å²) in [5.41, 5.74) is 2.89. The predicted molar refractivity (Wildman–Crippen MR) is 134 cm³/mol. The van der Waals surface area contributed by atoms with Gasteiger partial charge in [-0.3, -0.25) is 4.79 Å². The van der Waals surface area contributed by atoms with Gasteiger partial charge in [-0.1, -0.05) is 12.1 Å². The molecule has 0 aliphatic heterocycles. The fraction of sp³-hybridized carbons (Fsp3) is 0.222. The Morgan fingerprint density at radius 3 is 2.58 bits per heavy atom. The lowest BCUT2D eigenvalue weighted by Gasteiger charge is -2.09. The molecule has 8 nitrogen and oxygen atoms in total. The van der Waals surface area contributed by atoms with Gasteiger partial charge in [-0.05, 0) is 74.0 Å². The van der Waals surface area contributed by atoms with E-state index in [-0.39, 0.29) is 17.7 Å². The molecule has 0 unspecified atom stereocenters. The smallest absolute Gasteiger partial charge is 0.336 e. The maximum atomic E-state index is 13.5. The van der Waals surface area contributed by atoms with E-state index in [9.17, 15) is 9.18 Å². The van der Waals surface area contributed by atoms with Gasteiger partial charge in [0, 0.05) is 23.4 Å². The highest BCUT2D eigenvalue weighted by atomic mass is 19.1. The summed E-state index contributed by atoms with van der Waals surface area (Å²) in [5.74, 6) is 0.583. The Kier molecular flexibility index (Phi) is 7.92. The molecule has 9 heteroatoms. The first-order chi connectivity index (χ1) is 17.5. The number of nitrogens with one attached hydrogen (secondary N) is 1. The van der Waals surface area contributed by atoms with Crippen LogP contribution in [-0.4, -0.2) is 47.6 Å². The van der Waals surface area contributed by atoms with Crippen LogP contribution in [0.15, 0.2) is 66.7 Å². The molecule has 1 amide bonds. The molecule has 0 fully saturated rings. The second-order valence-electron chi connectivity index (χ2n) is 7.87. The molecule has 3 aromatic carbocycles. The summed E-state index contributed by atoms with van der Waals surface area (Å²) in [6.07, 6.45) is 0. The van der Waals surface area contributed by atoms with Gasteiger partial charge >= 0.3 is 6.01 Å². The van der Waals surface area contributed by atoms with Crippen molar-refractivity contribution >= 4 is 11.6 Å². The molecule has 0 spiro atoms. The van der Waals surface area contributed by atoms with Crippen molar-refractivity contribution in [2.45, 2.75) is 13.8 Å². The zero-order valence-corrected chi connectivity index (χ0v) is 20.3. The molecule has 0 aliphatic rings. The number of aryl methyl sites for hydroxylation is 1. The third-order valence-electron chi connectivity index (χ3n) is 5.37. The van der Waals surface area contributed by atoms with Crippen molar-refractivity contribution in [2.75, 3.05) is 32.2 Å². The number of hydrogen-bond donors (Lipinski definition) is 1. The number of halogens is 1. The van der Waals surface area contributed by atoms with E-state index in [0.717, 1.165) is 11.3 Å². The van der Waals surface area contributed by atoms with Gasteiger partial charge in [0.15, 0.2) is 5.82 Å². The number of carbonyl (C=O) groups is 1. The van der Waals surface area contributed by atoms with Crippen LogP contribution in [0.2, 0.25) is 0 Å². The molecule has 1 N–H and O–H groups in total. The van der Waals surface area contributed by atoms with Gasteiger partial charge in [0.1, 0.15) is 18.2 Å². The van der Waals surface area contributed by atoms with Gasteiger partial charge in [0.25, 0.3) is 5.91 Å². The summed E-state index contributed by atoms with van der Waals surface area (Å²) in [7, 11) is 1.60. The van der Waals surface area contributed by atoms with Crippen molar-refractivity contribution in [2.24, 2.45) is 0 Å². The van der Waals surface area contributed by atoms with E-state index in [0.29, 0.717) is 48.2 Å². The van der Waals surface area contributed by atoms with Crippen molar-refractivity contribution < 1.29 is 23.4 Å². The lowest BCUT2D eigenvalue weighted by Crippen LogP contribution is -2.12. The number of methoxy groups -OCH3 is 1.